The van der Waals surface area contributed by atoms with E-state index < -0.39 is 11.4 Å². The summed E-state index contributed by atoms with van der Waals surface area (Å²) >= 11 is 3.38. The molecular formula is C16H16BrN3O3. The van der Waals surface area contributed by atoms with Crippen molar-refractivity contribution < 1.29 is 14.7 Å². The van der Waals surface area contributed by atoms with Crippen molar-refractivity contribution in [2.24, 2.45) is 5.41 Å². The first-order chi connectivity index (χ1) is 10.9. The van der Waals surface area contributed by atoms with Gasteiger partial charge in [-0.2, -0.15) is 0 Å². The highest BCUT2D eigenvalue weighted by Gasteiger charge is 2.42. The van der Waals surface area contributed by atoms with Gasteiger partial charge < -0.3 is 14.6 Å². The van der Waals surface area contributed by atoms with Crippen molar-refractivity contribution in [1.82, 2.24) is 14.5 Å². The van der Waals surface area contributed by atoms with Gasteiger partial charge in [-0.3, -0.25) is 9.59 Å². The maximum Gasteiger partial charge on any atom is 0.311 e. The van der Waals surface area contributed by atoms with E-state index in [1.165, 1.54) is 0 Å². The Hall–Kier alpha value is -2.15. The molecule has 0 spiro atoms. The van der Waals surface area contributed by atoms with Crippen LogP contribution in [0, 0.1) is 5.41 Å². The number of aliphatic carboxylic acids is 1. The Balaban J connectivity index is 1.77. The van der Waals surface area contributed by atoms with E-state index in [0.29, 0.717) is 18.7 Å². The van der Waals surface area contributed by atoms with Gasteiger partial charge in [-0.1, -0.05) is 15.9 Å². The molecule has 1 saturated heterocycles. The summed E-state index contributed by atoms with van der Waals surface area (Å²) in [5, 5.41) is 9.26. The van der Waals surface area contributed by atoms with Gasteiger partial charge in [0.1, 0.15) is 12.0 Å². The maximum absolute atomic E-state index is 12.5. The third-order valence-corrected chi connectivity index (χ3v) is 4.73. The monoisotopic (exact) mass is 377 g/mol. The number of carboxylic acids is 1. The normalized spacial score (nSPS) is 20.7. The second kappa shape index (κ2) is 5.81. The van der Waals surface area contributed by atoms with Crippen molar-refractivity contribution in [1.29, 1.82) is 0 Å². The summed E-state index contributed by atoms with van der Waals surface area (Å²) in [6.45, 7) is 2.32. The number of carbonyl (C=O) groups excluding carboxylic acids is 1. The van der Waals surface area contributed by atoms with Crippen LogP contribution in [-0.4, -0.2) is 44.5 Å². The van der Waals surface area contributed by atoms with Crippen LogP contribution in [0.5, 0.6) is 0 Å². The summed E-state index contributed by atoms with van der Waals surface area (Å²) in [6.07, 6.45) is 3.71. The summed E-state index contributed by atoms with van der Waals surface area (Å²) in [5.74, 6) is -1.10. The number of imidazole rings is 1. The lowest BCUT2D eigenvalue weighted by atomic mass is 9.90. The number of carbonyl (C=O) groups is 2. The number of carboxylic acid groups (broad SMARTS) is 1. The molecule has 1 aliphatic rings. The fraction of sp³-hybridized carbons (Fsp3) is 0.312. The molecule has 7 heteroatoms. The Morgan fingerprint density at radius 2 is 2.00 bits per heavy atom. The fourth-order valence-corrected chi connectivity index (χ4v) is 2.92. The van der Waals surface area contributed by atoms with Crippen molar-refractivity contribution in [2.75, 3.05) is 13.1 Å². The molecule has 1 amide bonds. The summed E-state index contributed by atoms with van der Waals surface area (Å²) in [7, 11) is 0. The molecule has 0 radical (unpaired) electrons. The molecule has 2 aromatic rings. The van der Waals surface area contributed by atoms with Gasteiger partial charge in [0.25, 0.3) is 5.91 Å². The van der Waals surface area contributed by atoms with E-state index >= 15 is 0 Å². The van der Waals surface area contributed by atoms with Crippen LogP contribution in [0.25, 0.3) is 5.69 Å². The number of amides is 1. The second-order valence-electron chi connectivity index (χ2n) is 5.99. The Morgan fingerprint density at radius 3 is 2.61 bits per heavy atom. The molecule has 23 heavy (non-hydrogen) atoms. The number of rotatable bonds is 3. The fourth-order valence-electron chi connectivity index (χ4n) is 2.66. The SMILES string of the molecule is CC1(C(=O)O)CCN(C(=O)c2cn(-c3ccc(Br)cc3)cn2)C1. The van der Waals surface area contributed by atoms with Crippen LogP contribution in [0.1, 0.15) is 23.8 Å². The van der Waals surface area contributed by atoms with Gasteiger partial charge in [-0.25, -0.2) is 4.98 Å². The molecule has 1 aromatic carbocycles. The molecule has 0 bridgehead atoms. The molecule has 0 saturated carbocycles. The standard InChI is InChI=1S/C16H16BrN3O3/c1-16(15(22)23)6-7-19(9-16)14(21)13-8-20(10-18-13)12-4-2-11(17)3-5-12/h2-5,8,10H,6-7,9H2,1H3,(H,22,23). The zero-order chi connectivity index (χ0) is 16.6. The summed E-state index contributed by atoms with van der Waals surface area (Å²) in [6, 6.07) is 7.65. The minimum Gasteiger partial charge on any atom is -0.481 e. The number of halogens is 1. The molecule has 1 aliphatic heterocycles. The number of likely N-dealkylation sites (tertiary alicyclic amines) is 1. The van der Waals surface area contributed by atoms with Gasteiger partial charge in [-0.05, 0) is 37.6 Å². The first-order valence-electron chi connectivity index (χ1n) is 7.22. The van der Waals surface area contributed by atoms with Crippen molar-refractivity contribution in [2.45, 2.75) is 13.3 Å². The molecule has 6 nitrogen and oxygen atoms in total. The summed E-state index contributed by atoms with van der Waals surface area (Å²) < 4.78 is 2.74. The molecule has 0 aliphatic carbocycles. The van der Waals surface area contributed by atoms with Crippen LogP contribution >= 0.6 is 15.9 Å². The van der Waals surface area contributed by atoms with Gasteiger partial charge in [0.15, 0.2) is 0 Å². The molecule has 1 unspecified atom stereocenters. The van der Waals surface area contributed by atoms with Crippen LogP contribution in [0.3, 0.4) is 0 Å². The molecule has 2 heterocycles. The lowest BCUT2D eigenvalue weighted by Crippen LogP contribution is -2.35. The highest BCUT2D eigenvalue weighted by Crippen LogP contribution is 2.30. The molecule has 1 fully saturated rings. The maximum atomic E-state index is 12.5. The quantitative estimate of drug-likeness (QED) is 0.891. The van der Waals surface area contributed by atoms with Crippen LogP contribution < -0.4 is 0 Å². The van der Waals surface area contributed by atoms with Gasteiger partial charge in [-0.15, -0.1) is 0 Å². The van der Waals surface area contributed by atoms with Crippen molar-refractivity contribution in [3.8, 4) is 5.69 Å². The third kappa shape index (κ3) is 3.01. The largest absolute Gasteiger partial charge is 0.481 e. The van der Waals surface area contributed by atoms with Gasteiger partial charge in [0.2, 0.25) is 0 Å². The van der Waals surface area contributed by atoms with Crippen molar-refractivity contribution in [3.05, 3.63) is 47.0 Å². The number of hydrogen-bond acceptors (Lipinski definition) is 3. The van der Waals surface area contributed by atoms with Crippen molar-refractivity contribution >= 4 is 27.8 Å². The smallest absolute Gasteiger partial charge is 0.311 e. The average Bonchev–Trinajstić information content (AvgIpc) is 3.15. The molecular weight excluding hydrogens is 362 g/mol. The third-order valence-electron chi connectivity index (χ3n) is 4.20. The zero-order valence-electron chi connectivity index (χ0n) is 12.6. The first kappa shape index (κ1) is 15.7. The Morgan fingerprint density at radius 1 is 1.30 bits per heavy atom. The lowest BCUT2D eigenvalue weighted by Gasteiger charge is -2.19. The van der Waals surface area contributed by atoms with E-state index in [4.69, 9.17) is 0 Å². The molecule has 120 valence electrons. The van der Waals surface area contributed by atoms with E-state index in [0.717, 1.165) is 10.2 Å². The zero-order valence-corrected chi connectivity index (χ0v) is 14.2. The Bertz CT molecular complexity index is 756. The first-order valence-corrected chi connectivity index (χ1v) is 8.01. The van der Waals surface area contributed by atoms with E-state index in [1.54, 1.807) is 28.9 Å². The van der Waals surface area contributed by atoms with E-state index in [-0.39, 0.29) is 12.5 Å². The van der Waals surface area contributed by atoms with Crippen LogP contribution in [-0.2, 0) is 4.79 Å². The van der Waals surface area contributed by atoms with Crippen LogP contribution in [0.4, 0.5) is 0 Å². The Labute approximate surface area is 141 Å². The second-order valence-corrected chi connectivity index (χ2v) is 6.90. The van der Waals surface area contributed by atoms with Crippen LogP contribution in [0.15, 0.2) is 41.3 Å². The predicted molar refractivity (Wildman–Crippen MR) is 87.5 cm³/mol. The lowest BCUT2D eigenvalue weighted by molar-refractivity contribution is -0.147. The number of aromatic nitrogens is 2. The molecule has 1 atom stereocenters. The highest BCUT2D eigenvalue weighted by molar-refractivity contribution is 9.10. The van der Waals surface area contributed by atoms with Gasteiger partial charge in [0, 0.05) is 29.4 Å². The van der Waals surface area contributed by atoms with Gasteiger partial charge >= 0.3 is 5.97 Å². The van der Waals surface area contributed by atoms with E-state index in [2.05, 4.69) is 20.9 Å². The molecule has 1 aromatic heterocycles. The van der Waals surface area contributed by atoms with E-state index in [1.807, 2.05) is 24.3 Å². The number of hydrogen-bond donors (Lipinski definition) is 1. The minimum absolute atomic E-state index is 0.215. The Kier molecular flexibility index (Phi) is 3.97. The summed E-state index contributed by atoms with van der Waals surface area (Å²) in [4.78, 5) is 29.5. The minimum atomic E-state index is -0.871. The van der Waals surface area contributed by atoms with Gasteiger partial charge in [0.05, 0.1) is 5.41 Å². The molecule has 1 N–H and O–H groups in total. The van der Waals surface area contributed by atoms with Crippen LogP contribution in [0.2, 0.25) is 0 Å². The van der Waals surface area contributed by atoms with E-state index in [9.17, 15) is 14.7 Å². The van der Waals surface area contributed by atoms with Crippen molar-refractivity contribution in [3.63, 3.8) is 0 Å². The topological polar surface area (TPSA) is 75.4 Å². The predicted octanol–water partition coefficient (Wildman–Crippen LogP) is 2.57. The number of nitrogens with zero attached hydrogens (tertiary/aromatic N) is 3. The number of benzene rings is 1. The summed E-state index contributed by atoms with van der Waals surface area (Å²) in [5.41, 5.74) is 0.350. The highest BCUT2D eigenvalue weighted by atomic mass is 79.9. The average molecular weight is 378 g/mol. The molecule has 3 rings (SSSR count).